The Morgan fingerprint density at radius 1 is 1.13 bits per heavy atom. The minimum Gasteiger partial charge on any atom is -0.495 e. The predicted molar refractivity (Wildman–Crippen MR) is 119 cm³/mol. The van der Waals surface area contributed by atoms with E-state index in [-0.39, 0.29) is 16.6 Å². The van der Waals surface area contributed by atoms with Gasteiger partial charge < -0.3 is 19.2 Å². The summed E-state index contributed by atoms with van der Waals surface area (Å²) in [6.45, 7) is 0. The molecule has 1 heterocycles. The first-order valence-corrected chi connectivity index (χ1v) is 9.49. The molecule has 0 saturated heterocycles. The summed E-state index contributed by atoms with van der Waals surface area (Å²) < 4.78 is 16.0. The maximum Gasteiger partial charge on any atom is 0.293 e. The van der Waals surface area contributed by atoms with Crippen LogP contribution in [0.3, 0.4) is 0 Å². The summed E-state index contributed by atoms with van der Waals surface area (Å²) in [5.41, 5.74) is 0.815. The van der Waals surface area contributed by atoms with Gasteiger partial charge in [0.25, 0.3) is 11.6 Å². The fourth-order valence-electron chi connectivity index (χ4n) is 2.66. The minimum absolute atomic E-state index is 0.0130. The van der Waals surface area contributed by atoms with Gasteiger partial charge in [-0.3, -0.25) is 20.2 Å². The van der Waals surface area contributed by atoms with Crippen LogP contribution in [-0.2, 0) is 0 Å². The van der Waals surface area contributed by atoms with Crippen LogP contribution < -0.4 is 20.1 Å². The summed E-state index contributed by atoms with van der Waals surface area (Å²) in [4.78, 5) is 22.9. The van der Waals surface area contributed by atoms with E-state index in [0.717, 1.165) is 0 Å². The highest BCUT2D eigenvalue weighted by Gasteiger charge is 2.17. The number of thiocarbonyl (C=S) groups is 1. The maximum absolute atomic E-state index is 12.5. The number of furan rings is 1. The molecule has 0 atom stereocenters. The fourth-order valence-corrected chi connectivity index (χ4v) is 3.10. The number of carbonyl (C=O) groups is 1. The van der Waals surface area contributed by atoms with Gasteiger partial charge in [0.05, 0.1) is 29.9 Å². The lowest BCUT2D eigenvalue weighted by atomic mass is 10.1. The van der Waals surface area contributed by atoms with E-state index in [9.17, 15) is 14.9 Å². The highest BCUT2D eigenvalue weighted by molar-refractivity contribution is 7.80. The molecule has 0 spiro atoms. The van der Waals surface area contributed by atoms with Gasteiger partial charge in [-0.15, -0.1) is 0 Å². The van der Waals surface area contributed by atoms with E-state index >= 15 is 0 Å². The molecule has 11 heteroatoms. The lowest BCUT2D eigenvalue weighted by Crippen LogP contribution is -2.34. The molecule has 2 N–H and O–H groups in total. The summed E-state index contributed by atoms with van der Waals surface area (Å²) >= 11 is 11.3. The van der Waals surface area contributed by atoms with Gasteiger partial charge in [0.15, 0.2) is 10.9 Å². The molecular formula is C20H16ClN3O6S. The average molecular weight is 462 g/mol. The number of nitrogens with zero attached hydrogens (tertiary/aromatic N) is 1. The lowest BCUT2D eigenvalue weighted by molar-refractivity contribution is -0.384. The van der Waals surface area contributed by atoms with Crippen molar-refractivity contribution in [3.63, 3.8) is 0 Å². The van der Waals surface area contributed by atoms with Crippen LogP contribution in [0.4, 0.5) is 11.4 Å². The standard InChI is InChI=1S/C20H16ClN3O6S/c1-28-17-10-14(18(29-2)9-13(17)21)22-20(31)23-19(25)16-7-6-15(30-16)11-4-3-5-12(8-11)24(26)27/h3-10H,1-2H3,(H2,22,23,25,31). The van der Waals surface area contributed by atoms with Crippen LogP contribution >= 0.6 is 23.8 Å². The van der Waals surface area contributed by atoms with Crippen molar-refractivity contribution in [2.24, 2.45) is 0 Å². The van der Waals surface area contributed by atoms with Crippen LogP contribution in [0, 0.1) is 10.1 Å². The Kier molecular flexibility index (Phi) is 6.73. The molecule has 0 aliphatic heterocycles. The number of nitro groups is 1. The van der Waals surface area contributed by atoms with Gasteiger partial charge in [0, 0.05) is 29.8 Å². The Balaban J connectivity index is 1.72. The number of non-ortho nitro benzene ring substituents is 1. The maximum atomic E-state index is 12.5. The minimum atomic E-state index is -0.603. The van der Waals surface area contributed by atoms with Crippen molar-refractivity contribution in [1.29, 1.82) is 0 Å². The Hall–Kier alpha value is -3.63. The van der Waals surface area contributed by atoms with Crippen molar-refractivity contribution in [3.05, 3.63) is 69.4 Å². The van der Waals surface area contributed by atoms with Crippen molar-refractivity contribution in [1.82, 2.24) is 5.32 Å². The van der Waals surface area contributed by atoms with Crippen molar-refractivity contribution < 1.29 is 23.6 Å². The largest absolute Gasteiger partial charge is 0.495 e. The molecule has 0 radical (unpaired) electrons. The highest BCUT2D eigenvalue weighted by Crippen LogP contribution is 2.35. The van der Waals surface area contributed by atoms with Crippen molar-refractivity contribution in [3.8, 4) is 22.8 Å². The van der Waals surface area contributed by atoms with E-state index in [4.69, 9.17) is 37.7 Å². The molecule has 3 aromatic rings. The van der Waals surface area contributed by atoms with Crippen LogP contribution in [0.1, 0.15) is 10.6 Å². The van der Waals surface area contributed by atoms with Crippen LogP contribution in [0.15, 0.2) is 52.9 Å². The molecule has 1 amide bonds. The van der Waals surface area contributed by atoms with Crippen LogP contribution in [0.2, 0.25) is 5.02 Å². The number of benzene rings is 2. The number of ether oxygens (including phenoxy) is 2. The molecule has 0 unspecified atom stereocenters. The summed E-state index contributed by atoms with van der Waals surface area (Å²) in [6, 6.07) is 12.0. The average Bonchev–Trinajstić information content (AvgIpc) is 3.25. The van der Waals surface area contributed by atoms with Gasteiger partial charge in [-0.25, -0.2) is 0 Å². The molecular weight excluding hydrogens is 446 g/mol. The molecule has 2 aromatic carbocycles. The van der Waals surface area contributed by atoms with E-state index in [1.807, 2.05) is 0 Å². The molecule has 0 bridgehead atoms. The molecule has 160 valence electrons. The molecule has 3 rings (SSSR count). The SMILES string of the molecule is COc1cc(NC(=S)NC(=O)c2ccc(-c3cccc([N+](=O)[O-])c3)o2)c(OC)cc1Cl. The first-order valence-electron chi connectivity index (χ1n) is 8.71. The molecule has 0 aliphatic carbocycles. The van der Waals surface area contributed by atoms with Crippen molar-refractivity contribution in [2.45, 2.75) is 0 Å². The number of hydrogen-bond acceptors (Lipinski definition) is 7. The lowest BCUT2D eigenvalue weighted by Gasteiger charge is -2.14. The number of hydrogen-bond donors (Lipinski definition) is 2. The number of nitro benzene ring substituents is 1. The molecule has 31 heavy (non-hydrogen) atoms. The number of halogens is 1. The molecule has 0 saturated carbocycles. The zero-order valence-electron chi connectivity index (χ0n) is 16.3. The van der Waals surface area contributed by atoms with E-state index in [2.05, 4.69) is 10.6 Å². The molecule has 0 aliphatic rings. The third kappa shape index (κ3) is 5.11. The monoisotopic (exact) mass is 461 g/mol. The quantitative estimate of drug-likeness (QED) is 0.309. The van der Waals surface area contributed by atoms with Crippen LogP contribution in [0.5, 0.6) is 11.5 Å². The zero-order chi connectivity index (χ0) is 22.5. The fraction of sp³-hybridized carbons (Fsp3) is 0.100. The molecule has 0 fully saturated rings. The van der Waals surface area contributed by atoms with Crippen LogP contribution in [-0.4, -0.2) is 30.2 Å². The topological polar surface area (TPSA) is 116 Å². The second kappa shape index (κ2) is 9.45. The first-order chi connectivity index (χ1) is 14.8. The summed E-state index contributed by atoms with van der Waals surface area (Å²) in [5, 5.41) is 16.6. The second-order valence-corrected chi connectivity index (χ2v) is 6.88. The van der Waals surface area contributed by atoms with E-state index < -0.39 is 10.8 Å². The van der Waals surface area contributed by atoms with Crippen LogP contribution in [0.25, 0.3) is 11.3 Å². The Morgan fingerprint density at radius 2 is 1.87 bits per heavy atom. The summed E-state index contributed by atoms with van der Waals surface area (Å²) in [5.74, 6) is 0.470. The third-order valence-corrected chi connectivity index (χ3v) is 4.62. The van der Waals surface area contributed by atoms with Gasteiger partial charge in [0.1, 0.15) is 17.3 Å². The van der Waals surface area contributed by atoms with Gasteiger partial charge in [0.2, 0.25) is 0 Å². The number of nitrogens with one attached hydrogen (secondary N) is 2. The van der Waals surface area contributed by atoms with Gasteiger partial charge in [-0.1, -0.05) is 23.7 Å². The first kappa shape index (κ1) is 22.1. The van der Waals surface area contributed by atoms with Crippen molar-refractivity contribution in [2.75, 3.05) is 19.5 Å². The Morgan fingerprint density at radius 3 is 2.55 bits per heavy atom. The number of rotatable bonds is 6. The summed E-state index contributed by atoms with van der Waals surface area (Å²) in [7, 11) is 2.93. The smallest absolute Gasteiger partial charge is 0.293 e. The molecule has 1 aromatic heterocycles. The van der Waals surface area contributed by atoms with E-state index in [1.165, 1.54) is 44.6 Å². The molecule has 9 nitrogen and oxygen atoms in total. The Labute approximate surface area is 187 Å². The second-order valence-electron chi connectivity index (χ2n) is 6.07. The van der Waals surface area contributed by atoms with Crippen molar-refractivity contribution >= 4 is 46.2 Å². The Bertz CT molecular complexity index is 1160. The summed E-state index contributed by atoms with van der Waals surface area (Å²) in [6.07, 6.45) is 0. The normalized spacial score (nSPS) is 10.3. The third-order valence-electron chi connectivity index (χ3n) is 4.12. The van der Waals surface area contributed by atoms with Gasteiger partial charge in [-0.05, 0) is 24.4 Å². The van der Waals surface area contributed by atoms with Gasteiger partial charge in [-0.2, -0.15) is 0 Å². The predicted octanol–water partition coefficient (Wildman–Crippen LogP) is 4.65. The van der Waals surface area contributed by atoms with Gasteiger partial charge >= 0.3 is 0 Å². The highest BCUT2D eigenvalue weighted by atomic mass is 35.5. The number of methoxy groups -OCH3 is 2. The number of amides is 1. The van der Waals surface area contributed by atoms with E-state index in [1.54, 1.807) is 18.2 Å². The number of anilines is 1. The number of carbonyl (C=O) groups excluding carboxylic acids is 1. The van der Waals surface area contributed by atoms with E-state index in [0.29, 0.717) is 33.5 Å². The zero-order valence-corrected chi connectivity index (χ0v) is 17.9.